The first kappa shape index (κ1) is 13.5. The van der Waals surface area contributed by atoms with Crippen molar-refractivity contribution in [2.24, 2.45) is 5.92 Å². The van der Waals surface area contributed by atoms with Gasteiger partial charge in [0, 0.05) is 6.04 Å². The van der Waals surface area contributed by atoms with E-state index in [-0.39, 0.29) is 11.9 Å². The Kier molecular flexibility index (Phi) is 4.76. The quantitative estimate of drug-likeness (QED) is 0.817. The van der Waals surface area contributed by atoms with E-state index in [1.54, 1.807) is 13.0 Å². The summed E-state index contributed by atoms with van der Waals surface area (Å²) in [5, 5.41) is 3.51. The number of rotatable bonds is 5. The zero-order valence-electron chi connectivity index (χ0n) is 11.5. The van der Waals surface area contributed by atoms with E-state index in [0.29, 0.717) is 0 Å². The van der Waals surface area contributed by atoms with E-state index in [2.05, 4.69) is 12.2 Å². The Morgan fingerprint density at radius 1 is 1.33 bits per heavy atom. The normalized spacial score (nSPS) is 18.2. The lowest BCUT2D eigenvalue weighted by Crippen LogP contribution is -2.21. The van der Waals surface area contributed by atoms with Gasteiger partial charge in [-0.1, -0.05) is 37.8 Å². The first-order valence-electron chi connectivity index (χ1n) is 7.16. The maximum absolute atomic E-state index is 13.5. The van der Waals surface area contributed by atoms with Crippen molar-refractivity contribution in [3.8, 4) is 0 Å². The lowest BCUT2D eigenvalue weighted by Gasteiger charge is -2.16. The molecule has 100 valence electrons. The molecular weight excluding hydrogens is 225 g/mol. The largest absolute Gasteiger partial charge is 0.310 e. The van der Waals surface area contributed by atoms with E-state index in [1.165, 1.54) is 32.1 Å². The number of nitrogens with one attached hydrogen (secondary N) is 1. The second-order valence-corrected chi connectivity index (χ2v) is 5.62. The molecule has 0 heterocycles. The third-order valence-electron chi connectivity index (χ3n) is 4.17. The minimum Gasteiger partial charge on any atom is -0.310 e. The molecule has 1 saturated carbocycles. The van der Waals surface area contributed by atoms with Gasteiger partial charge in [-0.2, -0.15) is 0 Å². The van der Waals surface area contributed by atoms with Crippen LogP contribution < -0.4 is 5.32 Å². The van der Waals surface area contributed by atoms with Gasteiger partial charge < -0.3 is 5.32 Å². The van der Waals surface area contributed by atoms with Gasteiger partial charge in [-0.05, 0) is 49.9 Å². The molecule has 0 aliphatic heterocycles. The molecule has 0 bridgehead atoms. The van der Waals surface area contributed by atoms with E-state index < -0.39 is 0 Å². The molecule has 1 aromatic carbocycles. The molecule has 0 amide bonds. The molecule has 1 aliphatic rings. The summed E-state index contributed by atoms with van der Waals surface area (Å²) in [6.45, 7) is 4.96. The van der Waals surface area contributed by atoms with Gasteiger partial charge in [0.1, 0.15) is 5.82 Å². The highest BCUT2D eigenvalue weighted by atomic mass is 19.1. The molecule has 0 spiro atoms. The molecule has 18 heavy (non-hydrogen) atoms. The highest BCUT2D eigenvalue weighted by molar-refractivity contribution is 5.25. The van der Waals surface area contributed by atoms with Gasteiger partial charge in [-0.15, -0.1) is 0 Å². The monoisotopic (exact) mass is 249 g/mol. The molecule has 1 atom stereocenters. The van der Waals surface area contributed by atoms with Gasteiger partial charge in [-0.25, -0.2) is 4.39 Å². The Morgan fingerprint density at radius 2 is 2.06 bits per heavy atom. The maximum atomic E-state index is 13.5. The molecule has 2 rings (SSSR count). The van der Waals surface area contributed by atoms with Gasteiger partial charge in [0.25, 0.3) is 0 Å². The fourth-order valence-corrected chi connectivity index (χ4v) is 2.80. The Labute approximate surface area is 110 Å². The van der Waals surface area contributed by atoms with Crippen LogP contribution in [0.2, 0.25) is 0 Å². The molecule has 1 aliphatic carbocycles. The number of halogens is 1. The summed E-state index contributed by atoms with van der Waals surface area (Å²) in [5.74, 6) is 0.816. The highest BCUT2D eigenvalue weighted by Crippen LogP contribution is 2.27. The third kappa shape index (κ3) is 3.55. The first-order valence-corrected chi connectivity index (χ1v) is 7.16. The van der Waals surface area contributed by atoms with E-state index in [0.717, 1.165) is 23.6 Å². The molecule has 1 aromatic rings. The summed E-state index contributed by atoms with van der Waals surface area (Å²) in [5.41, 5.74) is 1.77. The molecule has 2 heteroatoms. The van der Waals surface area contributed by atoms with E-state index in [1.807, 2.05) is 12.1 Å². The Hall–Kier alpha value is -0.890. The molecule has 0 aromatic heterocycles. The zero-order chi connectivity index (χ0) is 13.0. The Morgan fingerprint density at radius 3 is 2.72 bits per heavy atom. The molecule has 1 unspecified atom stereocenters. The second kappa shape index (κ2) is 6.33. The molecule has 1 nitrogen and oxygen atoms in total. The number of aryl methyl sites for hydroxylation is 1. The standard InChI is InChI=1S/C16H24FN/c1-12-7-8-15(11-16(12)17)13(2)18-10-9-14-5-3-4-6-14/h7-8,11,13-14,18H,3-6,9-10H2,1-2H3. The molecule has 0 radical (unpaired) electrons. The van der Waals surface area contributed by atoms with E-state index in [4.69, 9.17) is 0 Å². The zero-order valence-corrected chi connectivity index (χ0v) is 11.5. The predicted octanol–water partition coefficient (Wildman–Crippen LogP) is 4.37. The van der Waals surface area contributed by atoms with Crippen LogP contribution in [0.1, 0.15) is 56.2 Å². The number of hydrogen-bond acceptors (Lipinski definition) is 1. The summed E-state index contributed by atoms with van der Waals surface area (Å²) in [4.78, 5) is 0. The first-order chi connectivity index (χ1) is 8.66. The van der Waals surface area contributed by atoms with Crippen molar-refractivity contribution in [1.29, 1.82) is 0 Å². The van der Waals surface area contributed by atoms with Gasteiger partial charge in [0.05, 0.1) is 0 Å². The average Bonchev–Trinajstić information content (AvgIpc) is 2.85. The molecular formula is C16H24FN. The van der Waals surface area contributed by atoms with Crippen molar-refractivity contribution >= 4 is 0 Å². The topological polar surface area (TPSA) is 12.0 Å². The van der Waals surface area contributed by atoms with Crippen molar-refractivity contribution in [1.82, 2.24) is 5.32 Å². The van der Waals surface area contributed by atoms with Crippen molar-refractivity contribution in [3.05, 3.63) is 35.1 Å². The summed E-state index contributed by atoms with van der Waals surface area (Å²) in [6, 6.07) is 5.77. The van der Waals surface area contributed by atoms with Gasteiger partial charge in [0.15, 0.2) is 0 Å². The van der Waals surface area contributed by atoms with E-state index in [9.17, 15) is 4.39 Å². The van der Waals surface area contributed by atoms with Crippen LogP contribution in [-0.4, -0.2) is 6.54 Å². The predicted molar refractivity (Wildman–Crippen MR) is 74.1 cm³/mol. The van der Waals surface area contributed by atoms with E-state index >= 15 is 0 Å². The van der Waals surface area contributed by atoms with Crippen LogP contribution >= 0.6 is 0 Å². The molecule has 0 saturated heterocycles. The van der Waals surface area contributed by atoms with Crippen LogP contribution in [0.3, 0.4) is 0 Å². The summed E-state index contributed by atoms with van der Waals surface area (Å²) in [6.07, 6.45) is 6.87. The smallest absolute Gasteiger partial charge is 0.126 e. The SMILES string of the molecule is Cc1ccc(C(C)NCCC2CCCC2)cc1F. The van der Waals surface area contributed by atoms with Crippen LogP contribution in [0.5, 0.6) is 0 Å². The Balaban J connectivity index is 1.79. The number of benzene rings is 1. The van der Waals surface area contributed by atoms with Crippen LogP contribution in [0.25, 0.3) is 0 Å². The minimum atomic E-state index is -0.100. The van der Waals surface area contributed by atoms with Crippen LogP contribution in [0, 0.1) is 18.7 Å². The fraction of sp³-hybridized carbons (Fsp3) is 0.625. The number of hydrogen-bond donors (Lipinski definition) is 1. The molecule has 1 N–H and O–H groups in total. The van der Waals surface area contributed by atoms with Gasteiger partial charge in [-0.3, -0.25) is 0 Å². The third-order valence-corrected chi connectivity index (χ3v) is 4.17. The summed E-state index contributed by atoms with van der Waals surface area (Å²) in [7, 11) is 0. The lowest BCUT2D eigenvalue weighted by atomic mass is 10.0. The Bertz CT molecular complexity index is 383. The van der Waals surface area contributed by atoms with Crippen LogP contribution in [0.15, 0.2) is 18.2 Å². The van der Waals surface area contributed by atoms with Crippen molar-refractivity contribution in [2.45, 2.75) is 52.0 Å². The minimum absolute atomic E-state index is 0.100. The average molecular weight is 249 g/mol. The summed E-state index contributed by atoms with van der Waals surface area (Å²) < 4.78 is 13.5. The lowest BCUT2D eigenvalue weighted by molar-refractivity contribution is 0.454. The van der Waals surface area contributed by atoms with Gasteiger partial charge in [0.2, 0.25) is 0 Å². The maximum Gasteiger partial charge on any atom is 0.126 e. The van der Waals surface area contributed by atoms with Crippen molar-refractivity contribution in [2.75, 3.05) is 6.54 Å². The van der Waals surface area contributed by atoms with Crippen molar-refractivity contribution in [3.63, 3.8) is 0 Å². The van der Waals surface area contributed by atoms with Gasteiger partial charge >= 0.3 is 0 Å². The summed E-state index contributed by atoms with van der Waals surface area (Å²) >= 11 is 0. The highest BCUT2D eigenvalue weighted by Gasteiger charge is 2.15. The van der Waals surface area contributed by atoms with Crippen LogP contribution in [-0.2, 0) is 0 Å². The van der Waals surface area contributed by atoms with Crippen molar-refractivity contribution < 1.29 is 4.39 Å². The fourth-order valence-electron chi connectivity index (χ4n) is 2.80. The second-order valence-electron chi connectivity index (χ2n) is 5.62. The van der Waals surface area contributed by atoms with Crippen LogP contribution in [0.4, 0.5) is 4.39 Å². The molecule has 1 fully saturated rings.